The number of nitrogens with two attached hydrogens (primary N) is 1. The van der Waals surface area contributed by atoms with Crippen molar-refractivity contribution < 1.29 is 21.6 Å². The molecule has 8 nitrogen and oxygen atoms in total. The number of hydrogen-bond acceptors (Lipinski definition) is 5. The summed E-state index contributed by atoms with van der Waals surface area (Å²) in [5, 5.41) is 7.84. The first-order valence-corrected chi connectivity index (χ1v) is 11.5. The van der Waals surface area contributed by atoms with Gasteiger partial charge in [-0.1, -0.05) is 12.1 Å². The van der Waals surface area contributed by atoms with E-state index in [1.807, 2.05) is 0 Å². The maximum atomic E-state index is 12.4. The molecule has 1 unspecified atom stereocenters. The van der Waals surface area contributed by atoms with Crippen LogP contribution in [0.1, 0.15) is 42.7 Å². The zero-order valence-corrected chi connectivity index (χ0v) is 17.3. The van der Waals surface area contributed by atoms with Crippen LogP contribution in [0.25, 0.3) is 0 Å². The summed E-state index contributed by atoms with van der Waals surface area (Å²) in [6, 6.07) is 10.8. The molecular formula is C18H23N3O5S2. The van der Waals surface area contributed by atoms with Crippen LogP contribution in [0.5, 0.6) is 0 Å². The summed E-state index contributed by atoms with van der Waals surface area (Å²) in [4.78, 5) is 12.5. The van der Waals surface area contributed by atoms with Crippen molar-refractivity contribution in [3.8, 4) is 0 Å². The van der Waals surface area contributed by atoms with Gasteiger partial charge in [-0.05, 0) is 62.7 Å². The molecule has 0 spiro atoms. The van der Waals surface area contributed by atoms with Crippen LogP contribution in [0.3, 0.4) is 0 Å². The van der Waals surface area contributed by atoms with Crippen molar-refractivity contribution in [2.45, 2.75) is 42.6 Å². The maximum Gasteiger partial charge on any atom is 0.251 e. The van der Waals surface area contributed by atoms with Crippen LogP contribution < -0.4 is 15.2 Å². The third-order valence-corrected chi connectivity index (χ3v) is 6.48. The van der Waals surface area contributed by atoms with E-state index >= 15 is 0 Å². The van der Waals surface area contributed by atoms with Crippen LogP contribution in [0, 0.1) is 0 Å². The molecule has 1 amide bonds. The fraction of sp³-hybridized carbons (Fsp3) is 0.278. The average molecular weight is 426 g/mol. The quantitative estimate of drug-likeness (QED) is 0.618. The lowest BCUT2D eigenvalue weighted by molar-refractivity contribution is 0.0939. The van der Waals surface area contributed by atoms with Crippen LogP contribution in [0.4, 0.5) is 0 Å². The van der Waals surface area contributed by atoms with Crippen molar-refractivity contribution in [1.29, 1.82) is 0 Å². The van der Waals surface area contributed by atoms with Crippen molar-refractivity contribution >= 4 is 26.0 Å². The van der Waals surface area contributed by atoms with Crippen LogP contribution >= 0.6 is 0 Å². The highest BCUT2D eigenvalue weighted by atomic mass is 32.2. The Morgan fingerprint density at radius 1 is 0.857 bits per heavy atom. The summed E-state index contributed by atoms with van der Waals surface area (Å²) in [5.74, 6) is -0.385. The average Bonchev–Trinajstić information content (AvgIpc) is 2.60. The molecule has 0 aliphatic heterocycles. The first-order chi connectivity index (χ1) is 12.9. The van der Waals surface area contributed by atoms with Gasteiger partial charge in [0, 0.05) is 11.6 Å². The molecule has 0 aromatic heterocycles. The molecule has 0 aliphatic rings. The van der Waals surface area contributed by atoms with E-state index in [9.17, 15) is 21.6 Å². The molecule has 2 aromatic carbocycles. The van der Waals surface area contributed by atoms with Crippen LogP contribution in [0.15, 0.2) is 58.3 Å². The van der Waals surface area contributed by atoms with Gasteiger partial charge < -0.3 is 5.32 Å². The molecule has 2 aromatic rings. The molecule has 152 valence electrons. The summed E-state index contributed by atoms with van der Waals surface area (Å²) in [5.41, 5.74) is 0.998. The van der Waals surface area contributed by atoms with Crippen molar-refractivity contribution in [3.05, 3.63) is 59.7 Å². The van der Waals surface area contributed by atoms with Crippen LogP contribution in [-0.2, 0) is 20.0 Å². The van der Waals surface area contributed by atoms with Gasteiger partial charge in [0.2, 0.25) is 20.0 Å². The SMILES string of the molecule is CC(C)NS(=O)(=O)c1ccc(C(=O)NC(C)c2ccc(S(N)(=O)=O)cc2)cc1. The minimum Gasteiger partial charge on any atom is -0.346 e. The molecule has 0 radical (unpaired) electrons. The monoisotopic (exact) mass is 425 g/mol. The van der Waals surface area contributed by atoms with E-state index in [2.05, 4.69) is 10.0 Å². The summed E-state index contributed by atoms with van der Waals surface area (Å²) >= 11 is 0. The fourth-order valence-corrected chi connectivity index (χ4v) is 4.24. The van der Waals surface area contributed by atoms with Gasteiger partial charge in [-0.3, -0.25) is 4.79 Å². The Bertz CT molecular complexity index is 1050. The van der Waals surface area contributed by atoms with E-state index in [4.69, 9.17) is 5.14 Å². The first kappa shape index (κ1) is 22.0. The molecule has 0 saturated carbocycles. The van der Waals surface area contributed by atoms with E-state index in [0.29, 0.717) is 11.1 Å². The van der Waals surface area contributed by atoms with Gasteiger partial charge in [0.15, 0.2) is 0 Å². The molecule has 1 atom stereocenters. The summed E-state index contributed by atoms with van der Waals surface area (Å²) in [6.07, 6.45) is 0. The molecule has 0 bridgehead atoms. The number of carbonyl (C=O) groups is 1. The predicted molar refractivity (Wildman–Crippen MR) is 106 cm³/mol. The Morgan fingerprint density at radius 3 is 1.82 bits per heavy atom. The van der Waals surface area contributed by atoms with E-state index < -0.39 is 26.1 Å². The maximum absolute atomic E-state index is 12.4. The lowest BCUT2D eigenvalue weighted by atomic mass is 10.1. The van der Waals surface area contributed by atoms with Gasteiger partial charge in [-0.2, -0.15) is 0 Å². The molecule has 0 heterocycles. The minimum absolute atomic E-state index is 0.0124. The Morgan fingerprint density at radius 2 is 1.36 bits per heavy atom. The Kier molecular flexibility index (Phi) is 6.60. The number of primary sulfonamides is 1. The first-order valence-electron chi connectivity index (χ1n) is 8.46. The Labute approximate surface area is 165 Å². The molecule has 4 N–H and O–H groups in total. The van der Waals surface area contributed by atoms with Crippen LogP contribution in [0.2, 0.25) is 0 Å². The highest BCUT2D eigenvalue weighted by Crippen LogP contribution is 2.17. The molecule has 28 heavy (non-hydrogen) atoms. The number of nitrogens with one attached hydrogen (secondary N) is 2. The molecule has 10 heteroatoms. The van der Waals surface area contributed by atoms with Gasteiger partial charge >= 0.3 is 0 Å². The number of sulfonamides is 2. The van der Waals surface area contributed by atoms with Crippen molar-refractivity contribution in [1.82, 2.24) is 10.0 Å². The Hall–Kier alpha value is -2.27. The Balaban J connectivity index is 2.10. The predicted octanol–water partition coefficient (Wildman–Crippen LogP) is 1.51. The number of benzene rings is 2. The zero-order valence-electron chi connectivity index (χ0n) is 15.7. The van der Waals surface area contributed by atoms with E-state index in [0.717, 1.165) is 0 Å². The third kappa shape index (κ3) is 5.61. The van der Waals surface area contributed by atoms with Gasteiger partial charge in [0.25, 0.3) is 5.91 Å². The molecule has 2 rings (SSSR count). The second-order valence-corrected chi connectivity index (χ2v) is 9.88. The largest absolute Gasteiger partial charge is 0.346 e. The van der Waals surface area contributed by atoms with Crippen molar-refractivity contribution in [3.63, 3.8) is 0 Å². The van der Waals surface area contributed by atoms with Crippen molar-refractivity contribution in [2.75, 3.05) is 0 Å². The number of rotatable bonds is 7. The zero-order chi connectivity index (χ0) is 21.1. The lowest BCUT2D eigenvalue weighted by Gasteiger charge is -2.15. The van der Waals surface area contributed by atoms with E-state index in [1.165, 1.54) is 36.4 Å². The normalized spacial score (nSPS) is 13.3. The fourth-order valence-electron chi connectivity index (χ4n) is 2.47. The van der Waals surface area contributed by atoms with E-state index in [1.54, 1.807) is 32.9 Å². The molecule has 0 aliphatic carbocycles. The summed E-state index contributed by atoms with van der Waals surface area (Å²) in [7, 11) is -7.40. The standard InChI is InChI=1S/C18H23N3O5S2/c1-12(2)21-28(25,26)17-10-6-15(7-11-17)18(22)20-13(3)14-4-8-16(9-5-14)27(19,23)24/h4-13,21H,1-3H3,(H,20,22)(H2,19,23,24). The molecule has 0 saturated heterocycles. The van der Waals surface area contributed by atoms with Crippen LogP contribution in [-0.4, -0.2) is 28.8 Å². The summed E-state index contributed by atoms with van der Waals surface area (Å²) in [6.45, 7) is 5.18. The number of amides is 1. The topological polar surface area (TPSA) is 135 Å². The third-order valence-electron chi connectivity index (χ3n) is 3.87. The van der Waals surface area contributed by atoms with Gasteiger partial charge in [-0.25, -0.2) is 26.7 Å². The second kappa shape index (κ2) is 8.39. The molecular weight excluding hydrogens is 402 g/mol. The molecule has 0 fully saturated rings. The van der Waals surface area contributed by atoms with Gasteiger partial charge in [0.05, 0.1) is 15.8 Å². The smallest absolute Gasteiger partial charge is 0.251 e. The second-order valence-electron chi connectivity index (χ2n) is 6.61. The highest BCUT2D eigenvalue weighted by Gasteiger charge is 2.17. The van der Waals surface area contributed by atoms with Crippen molar-refractivity contribution in [2.24, 2.45) is 5.14 Å². The summed E-state index contributed by atoms with van der Waals surface area (Å²) < 4.78 is 49.3. The lowest BCUT2D eigenvalue weighted by Crippen LogP contribution is -2.30. The van der Waals surface area contributed by atoms with E-state index in [-0.39, 0.29) is 21.7 Å². The minimum atomic E-state index is -3.78. The number of carbonyl (C=O) groups excluding carboxylic acids is 1. The highest BCUT2D eigenvalue weighted by molar-refractivity contribution is 7.89. The van der Waals surface area contributed by atoms with Gasteiger partial charge in [0.1, 0.15) is 0 Å². The van der Waals surface area contributed by atoms with Gasteiger partial charge in [-0.15, -0.1) is 0 Å². The number of hydrogen-bond donors (Lipinski definition) is 3.